The standard InChI is InChI=1S/C68H38N4S2/c1-70-62-58(43-24-10-4-11-25-43)53(40-69)63(59(44-26-12-5-13-27-44)66(62)71-54-32-16-14-28-47(54)48-29-15-17-33-55(48)71)72-64-49(36-38-51-60-45(41-20-6-2-7-21-41)30-18-34-56(60)73-67(51)64)50-37-39-52-61-46(42-22-8-3-9-23-42)31-19-35-57(61)74-68(52)65(50)72/h2-39H/i4D,5D,10D,11D,12D,13D,14D,15D,16D,17D,24D,25D,26D,27D,28D,29D,32D,33D. The fraction of sp³-hybridized carbons (Fsp3) is 0. The third kappa shape index (κ3) is 5.99. The second-order valence-corrected chi connectivity index (χ2v) is 19.6. The van der Waals surface area contributed by atoms with Crippen LogP contribution in [-0.4, -0.2) is 9.13 Å². The van der Waals surface area contributed by atoms with Crippen LogP contribution in [0.15, 0.2) is 230 Å². The second kappa shape index (κ2) is 16.5. The van der Waals surface area contributed by atoms with Gasteiger partial charge >= 0.3 is 0 Å². The summed E-state index contributed by atoms with van der Waals surface area (Å²) in [7, 11) is 0. The van der Waals surface area contributed by atoms with Gasteiger partial charge in [0.05, 0.1) is 79.7 Å². The van der Waals surface area contributed by atoms with Crippen molar-refractivity contribution in [2.24, 2.45) is 0 Å². The van der Waals surface area contributed by atoms with E-state index in [1.54, 1.807) is 4.57 Å². The van der Waals surface area contributed by atoms with E-state index in [-0.39, 0.29) is 0 Å². The number of nitriles is 1. The fourth-order valence-electron chi connectivity index (χ4n) is 10.9. The first-order chi connectivity index (χ1) is 44.2. The zero-order valence-corrected chi connectivity index (χ0v) is 39.8. The smallest absolute Gasteiger partial charge is 0.220 e. The maximum atomic E-state index is 12.6. The molecule has 74 heavy (non-hydrogen) atoms. The Bertz CT molecular complexity index is 5710. The van der Waals surface area contributed by atoms with Crippen LogP contribution in [0, 0.1) is 17.9 Å². The molecule has 0 atom stereocenters. The van der Waals surface area contributed by atoms with E-state index < -0.39 is 175 Å². The van der Waals surface area contributed by atoms with Gasteiger partial charge in [-0.15, -0.1) is 22.7 Å². The van der Waals surface area contributed by atoms with Crippen LogP contribution in [-0.2, 0) is 0 Å². The minimum atomic E-state index is -0.904. The van der Waals surface area contributed by atoms with E-state index in [1.807, 2.05) is 121 Å². The van der Waals surface area contributed by atoms with Gasteiger partial charge in [0.2, 0.25) is 5.69 Å². The maximum Gasteiger partial charge on any atom is 0.220 e. The summed E-state index contributed by atoms with van der Waals surface area (Å²) in [6.07, 6.45) is 0. The number of thiophene rings is 2. The number of rotatable bonds is 6. The summed E-state index contributed by atoms with van der Waals surface area (Å²) in [5.74, 6) is 0. The first kappa shape index (κ1) is 27.9. The number of hydrogen-bond acceptors (Lipinski definition) is 3. The van der Waals surface area contributed by atoms with Crippen LogP contribution in [0.2, 0.25) is 0 Å². The van der Waals surface area contributed by atoms with Crippen LogP contribution in [0.3, 0.4) is 0 Å². The molecule has 11 aromatic carbocycles. The third-order valence-corrected chi connectivity index (χ3v) is 16.2. The van der Waals surface area contributed by atoms with E-state index in [0.717, 1.165) is 47.0 Å². The number of fused-ring (bicyclic) bond motifs is 14. The number of benzene rings is 11. The summed E-state index contributed by atoms with van der Waals surface area (Å²) in [6.45, 7) is 9.46. The van der Waals surface area contributed by atoms with Crippen LogP contribution in [0.1, 0.15) is 30.2 Å². The molecule has 0 unspecified atom stereocenters. The lowest BCUT2D eigenvalue weighted by atomic mass is 9.88. The second-order valence-electron chi connectivity index (χ2n) is 17.5. The average molecular weight is 993 g/mol. The molecule has 15 rings (SSSR count). The first-order valence-corrected chi connectivity index (χ1v) is 24.8. The molecule has 0 aliphatic rings. The van der Waals surface area contributed by atoms with Crippen LogP contribution in [0.5, 0.6) is 0 Å². The van der Waals surface area contributed by atoms with Crippen molar-refractivity contribution in [2.75, 3.05) is 0 Å². The van der Waals surface area contributed by atoms with Gasteiger partial charge in [-0.25, -0.2) is 4.85 Å². The Balaban J connectivity index is 1.33. The van der Waals surface area contributed by atoms with E-state index in [4.69, 9.17) is 8.22 Å². The molecule has 0 radical (unpaired) electrons. The van der Waals surface area contributed by atoms with Gasteiger partial charge in [0, 0.05) is 63.6 Å². The van der Waals surface area contributed by atoms with Crippen molar-refractivity contribution >= 4 is 112 Å². The highest BCUT2D eigenvalue weighted by Gasteiger charge is 2.33. The summed E-state index contributed by atoms with van der Waals surface area (Å²) >= 11 is 2.78. The average Bonchev–Trinajstić information content (AvgIpc) is 1.35. The van der Waals surface area contributed by atoms with Crippen molar-refractivity contribution in [3.05, 3.63) is 247 Å². The predicted molar refractivity (Wildman–Crippen MR) is 314 cm³/mol. The lowest BCUT2D eigenvalue weighted by molar-refractivity contribution is 1.14. The highest BCUT2D eigenvalue weighted by Crippen LogP contribution is 2.55. The molecular formula is C68H38N4S2. The van der Waals surface area contributed by atoms with Crippen molar-refractivity contribution < 1.29 is 24.7 Å². The zero-order chi connectivity index (χ0) is 64.7. The minimum absolute atomic E-state index is 0.357. The molecule has 6 heteroatoms. The van der Waals surface area contributed by atoms with E-state index in [9.17, 15) is 28.3 Å². The summed E-state index contributed by atoms with van der Waals surface area (Å²) < 4.78 is 175. The van der Waals surface area contributed by atoms with Gasteiger partial charge in [-0.1, -0.05) is 206 Å². The van der Waals surface area contributed by atoms with E-state index in [0.29, 0.717) is 42.0 Å². The molecule has 4 heterocycles. The molecule has 15 aromatic rings. The van der Waals surface area contributed by atoms with Crippen LogP contribution in [0.25, 0.3) is 145 Å². The maximum absolute atomic E-state index is 12.6. The van der Waals surface area contributed by atoms with E-state index >= 15 is 0 Å². The normalized spacial score (nSPS) is 15.2. The quantitative estimate of drug-likeness (QED) is 0.153. The highest BCUT2D eigenvalue weighted by atomic mass is 32.1. The first-order valence-electron chi connectivity index (χ1n) is 32.2. The predicted octanol–water partition coefficient (Wildman–Crippen LogP) is 19.7. The van der Waals surface area contributed by atoms with Crippen LogP contribution < -0.4 is 0 Å². The van der Waals surface area contributed by atoms with Crippen LogP contribution >= 0.6 is 22.7 Å². The van der Waals surface area contributed by atoms with Gasteiger partial charge in [0.1, 0.15) is 6.07 Å². The lowest BCUT2D eigenvalue weighted by Gasteiger charge is -2.26. The van der Waals surface area contributed by atoms with E-state index in [2.05, 4.69) is 10.9 Å². The molecule has 0 spiro atoms. The molecule has 4 aromatic heterocycles. The van der Waals surface area contributed by atoms with Gasteiger partial charge in [0.25, 0.3) is 0 Å². The van der Waals surface area contributed by atoms with Gasteiger partial charge in [0.15, 0.2) is 0 Å². The number of nitrogens with zero attached hydrogens (tertiary/aromatic N) is 4. The van der Waals surface area contributed by atoms with Gasteiger partial charge in [-0.05, 0) is 57.6 Å². The Morgan fingerprint density at radius 1 is 0.432 bits per heavy atom. The van der Waals surface area contributed by atoms with E-state index in [1.165, 1.54) is 22.7 Å². The van der Waals surface area contributed by atoms with Crippen molar-refractivity contribution in [1.29, 1.82) is 5.26 Å². The molecule has 0 fully saturated rings. The summed E-state index contributed by atoms with van der Waals surface area (Å²) in [4.78, 5) is 4.06. The number of hydrogen-bond donors (Lipinski definition) is 0. The Morgan fingerprint density at radius 3 is 1.38 bits per heavy atom. The Hall–Kier alpha value is -9.56. The summed E-state index contributed by atoms with van der Waals surface area (Å²) in [5.41, 5.74) is -2.10. The number of para-hydroxylation sites is 2. The molecule has 4 nitrogen and oxygen atoms in total. The molecule has 0 aliphatic carbocycles. The summed E-state index contributed by atoms with van der Waals surface area (Å²) in [6, 6.07) is 25.8. The SMILES string of the molecule is [2H]c1c([2H])c([2H])c(-c2c(C#N)c(-n3c4c(ccc5c4sc4cccc(-c6ccccc6)c45)c4ccc5c(sc6cccc(-c7ccccc7)c65)c43)c(-c3c([2H])c([2H])c([2H])c([2H])c3[2H])c(-n3c4c([2H])c([2H])c([2H])c([2H])c4c4c([2H])c([2H])c([2H])c([2H])c43)c2[N+]#[C-])c([2H])c1[2H]. The minimum Gasteiger partial charge on any atom is -0.318 e. The largest absolute Gasteiger partial charge is 0.318 e. The van der Waals surface area contributed by atoms with Crippen molar-refractivity contribution in [1.82, 2.24) is 9.13 Å². The molecular weight excluding hydrogens is 937 g/mol. The molecule has 0 bridgehead atoms. The number of aromatic nitrogens is 2. The Morgan fingerprint density at radius 2 is 0.892 bits per heavy atom. The molecule has 0 saturated carbocycles. The molecule has 0 N–H and O–H groups in total. The Labute approximate surface area is 458 Å². The fourth-order valence-corrected chi connectivity index (χ4v) is 13.5. The molecule has 342 valence electrons. The van der Waals surface area contributed by atoms with Crippen LogP contribution in [0.4, 0.5) is 5.69 Å². The van der Waals surface area contributed by atoms with Gasteiger partial charge < -0.3 is 9.13 Å². The topological polar surface area (TPSA) is 38.0 Å². The molecule has 0 aliphatic heterocycles. The van der Waals surface area contributed by atoms with Crippen molar-refractivity contribution in [2.45, 2.75) is 0 Å². The van der Waals surface area contributed by atoms with Crippen molar-refractivity contribution in [3.63, 3.8) is 0 Å². The molecule has 0 saturated heterocycles. The van der Waals surface area contributed by atoms with Crippen molar-refractivity contribution in [3.8, 4) is 62.0 Å². The monoisotopic (exact) mass is 992 g/mol. The highest BCUT2D eigenvalue weighted by molar-refractivity contribution is 7.27. The van der Waals surface area contributed by atoms with Gasteiger partial charge in [-0.2, -0.15) is 5.26 Å². The summed E-state index contributed by atoms with van der Waals surface area (Å²) in [5, 5.41) is 15.8. The Kier molecular flexibility index (Phi) is 6.22. The zero-order valence-electron chi connectivity index (χ0n) is 56.2. The third-order valence-electron chi connectivity index (χ3n) is 13.8. The van der Waals surface area contributed by atoms with Gasteiger partial charge in [-0.3, -0.25) is 0 Å². The molecule has 0 amide bonds. The lowest BCUT2D eigenvalue weighted by Crippen LogP contribution is -2.09.